The number of benzene rings is 1. The quantitative estimate of drug-likeness (QED) is 0.620. The fourth-order valence-electron chi connectivity index (χ4n) is 2.66. The van der Waals surface area contributed by atoms with Crippen molar-refractivity contribution < 1.29 is 26.4 Å². The van der Waals surface area contributed by atoms with Crippen LogP contribution in [0.4, 0.5) is 4.39 Å². The van der Waals surface area contributed by atoms with Crippen molar-refractivity contribution in [1.82, 2.24) is 9.62 Å². The first-order valence-electron chi connectivity index (χ1n) is 8.54. The molecule has 0 atom stereocenters. The van der Waals surface area contributed by atoms with Gasteiger partial charge in [0, 0.05) is 6.54 Å². The summed E-state index contributed by atoms with van der Waals surface area (Å²) in [5.41, 5.74) is -0.350. The molecule has 0 fully saturated rings. The number of nitrogens with zero attached hydrogens (tertiary/aromatic N) is 1. The van der Waals surface area contributed by atoms with Crippen LogP contribution in [-0.2, 0) is 23.1 Å². The molecule has 1 aromatic carbocycles. The Hall–Kier alpha value is -2.91. The number of halogens is 1. The highest BCUT2D eigenvalue weighted by Gasteiger charge is 2.24. The molecule has 0 aliphatic rings. The first-order chi connectivity index (χ1) is 13.4. The number of sulfonamides is 1. The van der Waals surface area contributed by atoms with Crippen molar-refractivity contribution in [2.45, 2.75) is 24.9 Å². The Bertz CT molecular complexity index is 994. The van der Waals surface area contributed by atoms with E-state index in [4.69, 9.17) is 8.83 Å². The number of carbonyl (C=O) groups excluding carboxylic acids is 1. The number of hydrogen-bond donors (Lipinski definition) is 1. The van der Waals surface area contributed by atoms with E-state index in [0.717, 1.165) is 18.2 Å². The van der Waals surface area contributed by atoms with Gasteiger partial charge in [-0.3, -0.25) is 4.79 Å². The second-order valence-electron chi connectivity index (χ2n) is 5.96. The van der Waals surface area contributed by atoms with Crippen LogP contribution in [0.1, 0.15) is 28.8 Å². The van der Waals surface area contributed by atoms with Gasteiger partial charge < -0.3 is 13.7 Å². The highest BCUT2D eigenvalue weighted by atomic mass is 32.2. The predicted molar refractivity (Wildman–Crippen MR) is 98.3 cm³/mol. The molecule has 0 saturated carbocycles. The summed E-state index contributed by atoms with van der Waals surface area (Å²) >= 11 is 0. The molecule has 148 valence electrons. The topological polar surface area (TPSA) is 92.8 Å². The minimum absolute atomic E-state index is 0.0656. The fraction of sp³-hybridized carbons (Fsp3) is 0.211. The van der Waals surface area contributed by atoms with Gasteiger partial charge >= 0.3 is 0 Å². The number of hydrogen-bond acceptors (Lipinski definition) is 5. The molecule has 9 heteroatoms. The van der Waals surface area contributed by atoms with Gasteiger partial charge in [-0.2, -0.15) is 0 Å². The summed E-state index contributed by atoms with van der Waals surface area (Å²) in [4.78, 5) is 14.2. The number of carbonyl (C=O) groups is 1. The van der Waals surface area contributed by atoms with Crippen LogP contribution in [0.2, 0.25) is 0 Å². The molecule has 7 nitrogen and oxygen atoms in total. The number of rotatable bonds is 8. The molecule has 1 N–H and O–H groups in total. The van der Waals surface area contributed by atoms with Gasteiger partial charge in [0.1, 0.15) is 17.3 Å². The SMILES string of the molecule is CCNS(=O)(=O)c1ccc(F)c(C(=O)N(Cc2ccco2)Cc2ccco2)c1. The molecule has 3 rings (SSSR count). The van der Waals surface area contributed by atoms with Gasteiger partial charge in [0.2, 0.25) is 10.0 Å². The van der Waals surface area contributed by atoms with E-state index in [-0.39, 0.29) is 30.1 Å². The molecule has 1 amide bonds. The van der Waals surface area contributed by atoms with Crippen molar-refractivity contribution in [3.63, 3.8) is 0 Å². The van der Waals surface area contributed by atoms with Crippen LogP contribution in [0.5, 0.6) is 0 Å². The Morgan fingerprint density at radius 2 is 1.68 bits per heavy atom. The Morgan fingerprint density at radius 1 is 1.07 bits per heavy atom. The van der Waals surface area contributed by atoms with Crippen LogP contribution in [0.15, 0.2) is 68.7 Å². The van der Waals surface area contributed by atoms with E-state index in [1.165, 1.54) is 17.4 Å². The summed E-state index contributed by atoms with van der Waals surface area (Å²) in [6, 6.07) is 9.84. The number of amides is 1. The largest absolute Gasteiger partial charge is 0.467 e. The Morgan fingerprint density at radius 3 is 2.18 bits per heavy atom. The Kier molecular flexibility index (Phi) is 5.96. The maximum atomic E-state index is 14.4. The highest BCUT2D eigenvalue weighted by molar-refractivity contribution is 7.89. The van der Waals surface area contributed by atoms with E-state index in [1.807, 2.05) is 0 Å². The molecule has 0 bridgehead atoms. The molecule has 0 saturated heterocycles. The minimum Gasteiger partial charge on any atom is -0.467 e. The van der Waals surface area contributed by atoms with E-state index in [0.29, 0.717) is 11.5 Å². The maximum Gasteiger partial charge on any atom is 0.257 e. The summed E-state index contributed by atoms with van der Waals surface area (Å²) in [7, 11) is -3.83. The number of nitrogens with one attached hydrogen (secondary N) is 1. The lowest BCUT2D eigenvalue weighted by Gasteiger charge is -2.21. The van der Waals surface area contributed by atoms with Gasteiger partial charge in [0.05, 0.1) is 36.1 Å². The third kappa shape index (κ3) is 4.49. The normalized spacial score (nSPS) is 11.5. The smallest absolute Gasteiger partial charge is 0.257 e. The van der Waals surface area contributed by atoms with Gasteiger partial charge in [-0.05, 0) is 42.5 Å². The molecule has 2 heterocycles. The summed E-state index contributed by atoms with van der Waals surface area (Å²) < 4.78 is 51.7. The molecule has 0 aliphatic carbocycles. The molecule has 0 unspecified atom stereocenters. The summed E-state index contributed by atoms with van der Waals surface area (Å²) in [6.07, 6.45) is 2.93. The zero-order valence-electron chi connectivity index (χ0n) is 15.1. The lowest BCUT2D eigenvalue weighted by atomic mass is 10.1. The average Bonchev–Trinajstić information content (AvgIpc) is 3.35. The van der Waals surface area contributed by atoms with Gasteiger partial charge in [0.15, 0.2) is 0 Å². The molecule has 2 aromatic heterocycles. The maximum absolute atomic E-state index is 14.4. The average molecular weight is 406 g/mol. The van der Waals surface area contributed by atoms with Gasteiger partial charge in [-0.25, -0.2) is 17.5 Å². The lowest BCUT2D eigenvalue weighted by molar-refractivity contribution is 0.0699. The third-order valence-electron chi connectivity index (χ3n) is 3.95. The van der Waals surface area contributed by atoms with Crippen LogP contribution in [0.25, 0.3) is 0 Å². The van der Waals surface area contributed by atoms with E-state index in [1.54, 1.807) is 31.2 Å². The Labute approximate surface area is 161 Å². The van der Waals surface area contributed by atoms with Gasteiger partial charge in [0.25, 0.3) is 5.91 Å². The van der Waals surface area contributed by atoms with Crippen molar-refractivity contribution in [1.29, 1.82) is 0 Å². The highest BCUT2D eigenvalue weighted by Crippen LogP contribution is 2.20. The van der Waals surface area contributed by atoms with Gasteiger partial charge in [-0.15, -0.1) is 0 Å². The second-order valence-corrected chi connectivity index (χ2v) is 7.73. The van der Waals surface area contributed by atoms with Crippen LogP contribution >= 0.6 is 0 Å². The first-order valence-corrected chi connectivity index (χ1v) is 10.0. The molecule has 0 aliphatic heterocycles. The van der Waals surface area contributed by atoms with Crippen molar-refractivity contribution >= 4 is 15.9 Å². The van der Waals surface area contributed by atoms with E-state index in [9.17, 15) is 17.6 Å². The van der Waals surface area contributed by atoms with Crippen molar-refractivity contribution in [3.05, 3.63) is 77.9 Å². The zero-order valence-corrected chi connectivity index (χ0v) is 15.9. The second kappa shape index (κ2) is 8.41. The predicted octanol–water partition coefficient (Wildman–Crippen LogP) is 3.15. The monoisotopic (exact) mass is 406 g/mol. The van der Waals surface area contributed by atoms with Gasteiger partial charge in [-0.1, -0.05) is 6.92 Å². The fourth-order valence-corrected chi connectivity index (χ4v) is 3.73. The molecule has 0 spiro atoms. The van der Waals surface area contributed by atoms with E-state index >= 15 is 0 Å². The summed E-state index contributed by atoms with van der Waals surface area (Å²) in [5, 5.41) is 0. The van der Waals surface area contributed by atoms with Crippen molar-refractivity contribution in [3.8, 4) is 0 Å². The standard InChI is InChI=1S/C19H19FN2O5S/c1-2-21-28(24,25)16-7-8-18(20)17(11-16)19(23)22(12-14-5-3-9-26-14)13-15-6-4-10-27-15/h3-11,21H,2,12-13H2,1H3. The minimum atomic E-state index is -3.83. The lowest BCUT2D eigenvalue weighted by Crippen LogP contribution is -2.31. The van der Waals surface area contributed by atoms with Crippen LogP contribution in [-0.4, -0.2) is 25.8 Å². The van der Waals surface area contributed by atoms with E-state index < -0.39 is 21.7 Å². The molecule has 28 heavy (non-hydrogen) atoms. The van der Waals surface area contributed by atoms with Crippen LogP contribution in [0, 0.1) is 5.82 Å². The first kappa shape index (κ1) is 19.8. The van der Waals surface area contributed by atoms with Crippen molar-refractivity contribution in [2.24, 2.45) is 0 Å². The molecular formula is C19H19FN2O5S. The molecule has 3 aromatic rings. The molecular weight excluding hydrogens is 387 g/mol. The molecule has 0 radical (unpaired) electrons. The third-order valence-corrected chi connectivity index (χ3v) is 5.50. The Balaban J connectivity index is 1.95. The summed E-state index contributed by atoms with van der Waals surface area (Å²) in [6.45, 7) is 1.93. The van der Waals surface area contributed by atoms with Crippen molar-refractivity contribution in [2.75, 3.05) is 6.54 Å². The number of furan rings is 2. The van der Waals surface area contributed by atoms with E-state index in [2.05, 4.69) is 4.72 Å². The van der Waals surface area contributed by atoms with Crippen LogP contribution in [0.3, 0.4) is 0 Å². The summed E-state index contributed by atoms with van der Waals surface area (Å²) in [5.74, 6) is -0.503. The zero-order chi connectivity index (χ0) is 20.1. The van der Waals surface area contributed by atoms with Crippen LogP contribution < -0.4 is 4.72 Å².